The van der Waals surface area contributed by atoms with E-state index in [4.69, 9.17) is 4.74 Å². The van der Waals surface area contributed by atoms with Gasteiger partial charge in [-0.15, -0.1) is 23.5 Å². The molecule has 0 atom stereocenters. The molecule has 0 saturated carbocycles. The van der Waals surface area contributed by atoms with Crippen LogP contribution in [-0.4, -0.2) is 47.9 Å². The van der Waals surface area contributed by atoms with E-state index in [1.54, 1.807) is 24.3 Å². The Hall–Kier alpha value is -2.12. The lowest BCUT2D eigenvalue weighted by atomic mass is 10.1. The minimum Gasteiger partial charge on any atom is -0.484 e. The first-order valence-corrected chi connectivity index (χ1v) is 13.4. The van der Waals surface area contributed by atoms with E-state index >= 15 is 0 Å². The van der Waals surface area contributed by atoms with Gasteiger partial charge in [-0.05, 0) is 72.7 Å². The second-order valence-electron chi connectivity index (χ2n) is 8.12. The van der Waals surface area contributed by atoms with E-state index in [1.165, 1.54) is 36.3 Å². The Morgan fingerprint density at radius 1 is 0.875 bits per heavy atom. The van der Waals surface area contributed by atoms with E-state index in [0.717, 1.165) is 25.9 Å². The van der Waals surface area contributed by atoms with Crippen LogP contribution in [0.15, 0.2) is 48.5 Å². The molecule has 4 rings (SSSR count). The molecule has 2 aromatic rings. The quantitative estimate of drug-likeness (QED) is 0.596. The summed E-state index contributed by atoms with van der Waals surface area (Å²) < 4.78 is 6.14. The van der Waals surface area contributed by atoms with Gasteiger partial charge in [0.1, 0.15) is 5.75 Å². The van der Waals surface area contributed by atoms with Gasteiger partial charge in [0.05, 0.1) is 4.58 Å². The molecule has 2 saturated heterocycles. The fraction of sp³-hybridized carbons (Fsp3) is 0.440. The molecule has 1 N–H and O–H groups in total. The molecule has 0 radical (unpaired) electrons. The number of hydrogen-bond donors (Lipinski definition) is 1. The van der Waals surface area contributed by atoms with Crippen molar-refractivity contribution < 1.29 is 14.3 Å². The molecule has 2 heterocycles. The number of nitrogens with zero attached hydrogens (tertiary/aromatic N) is 1. The van der Waals surface area contributed by atoms with Gasteiger partial charge in [0.25, 0.3) is 11.8 Å². The molecule has 2 aliphatic heterocycles. The molecular weight excluding hydrogens is 440 g/mol. The molecule has 5 nitrogen and oxygen atoms in total. The van der Waals surface area contributed by atoms with Crippen LogP contribution in [0, 0.1) is 0 Å². The van der Waals surface area contributed by atoms with Gasteiger partial charge in [0.2, 0.25) is 0 Å². The molecule has 2 aromatic carbocycles. The summed E-state index contributed by atoms with van der Waals surface area (Å²) in [6, 6.07) is 15.2. The summed E-state index contributed by atoms with van der Waals surface area (Å²) in [7, 11) is 0. The summed E-state index contributed by atoms with van der Waals surface area (Å²) in [5.74, 6) is 2.96. The first kappa shape index (κ1) is 23.1. The van der Waals surface area contributed by atoms with Crippen molar-refractivity contribution >= 4 is 41.0 Å². The first-order chi connectivity index (χ1) is 15.7. The van der Waals surface area contributed by atoms with Crippen LogP contribution in [0.4, 0.5) is 5.69 Å². The fourth-order valence-corrected chi connectivity index (χ4v) is 6.79. The summed E-state index contributed by atoms with van der Waals surface area (Å²) in [5, 5.41) is 2.84. The topological polar surface area (TPSA) is 58.6 Å². The standard InChI is InChI=1S/C25H30N2O3S2/c28-23(18-30-22-12-8-20(9-13-22)25-31-16-5-17-32-25)26-21-10-6-19(7-11-21)24(29)27-14-3-1-2-4-15-27/h6-13,25H,1-5,14-18H2,(H,26,28). The van der Waals surface area contributed by atoms with Crippen molar-refractivity contribution in [2.45, 2.75) is 36.7 Å². The third-order valence-corrected chi connectivity index (χ3v) is 8.67. The van der Waals surface area contributed by atoms with Gasteiger partial charge in [-0.3, -0.25) is 9.59 Å². The van der Waals surface area contributed by atoms with Gasteiger partial charge in [-0.25, -0.2) is 0 Å². The number of benzene rings is 2. The number of amides is 2. The molecule has 2 aliphatic rings. The van der Waals surface area contributed by atoms with Crippen molar-refractivity contribution in [1.82, 2.24) is 4.90 Å². The van der Waals surface area contributed by atoms with Crippen LogP contribution in [0.2, 0.25) is 0 Å². The Kier molecular flexibility index (Phi) is 8.40. The van der Waals surface area contributed by atoms with Crippen LogP contribution >= 0.6 is 23.5 Å². The van der Waals surface area contributed by atoms with Gasteiger partial charge in [-0.1, -0.05) is 25.0 Å². The predicted molar refractivity (Wildman–Crippen MR) is 134 cm³/mol. The maximum atomic E-state index is 12.7. The molecule has 0 unspecified atom stereocenters. The maximum Gasteiger partial charge on any atom is 0.262 e. The van der Waals surface area contributed by atoms with Crippen molar-refractivity contribution in [2.75, 3.05) is 36.5 Å². The zero-order chi connectivity index (χ0) is 22.2. The van der Waals surface area contributed by atoms with Crippen LogP contribution in [0.1, 0.15) is 52.6 Å². The number of thioether (sulfide) groups is 2. The average molecular weight is 471 g/mol. The number of ether oxygens (including phenoxy) is 1. The van der Waals surface area contributed by atoms with Crippen LogP contribution in [0.5, 0.6) is 5.75 Å². The molecule has 2 amide bonds. The summed E-state index contributed by atoms with van der Waals surface area (Å²) >= 11 is 3.97. The third kappa shape index (κ3) is 6.45. The summed E-state index contributed by atoms with van der Waals surface area (Å²) in [6.07, 6.45) is 5.81. The number of nitrogens with one attached hydrogen (secondary N) is 1. The second kappa shape index (κ2) is 11.7. The number of rotatable bonds is 6. The predicted octanol–water partition coefficient (Wildman–Crippen LogP) is 5.59. The summed E-state index contributed by atoms with van der Waals surface area (Å²) in [6.45, 7) is 1.60. The number of likely N-dealkylation sites (tertiary alicyclic amines) is 1. The molecule has 0 bridgehead atoms. The molecule has 0 spiro atoms. The summed E-state index contributed by atoms with van der Waals surface area (Å²) in [5.41, 5.74) is 2.62. The highest BCUT2D eigenvalue weighted by Crippen LogP contribution is 2.43. The Morgan fingerprint density at radius 3 is 2.19 bits per heavy atom. The Balaban J connectivity index is 1.24. The average Bonchev–Trinajstić information content (AvgIpc) is 3.13. The highest BCUT2D eigenvalue weighted by Gasteiger charge is 2.18. The normalized spacial score (nSPS) is 17.4. The van der Waals surface area contributed by atoms with Crippen LogP contribution in [0.25, 0.3) is 0 Å². The van der Waals surface area contributed by atoms with E-state index in [0.29, 0.717) is 21.6 Å². The number of carbonyl (C=O) groups excluding carboxylic acids is 2. The lowest BCUT2D eigenvalue weighted by Gasteiger charge is -2.21. The maximum absolute atomic E-state index is 12.7. The minimum atomic E-state index is -0.223. The Bertz CT molecular complexity index is 888. The van der Waals surface area contributed by atoms with Gasteiger partial charge >= 0.3 is 0 Å². The van der Waals surface area contributed by atoms with E-state index in [2.05, 4.69) is 17.4 Å². The largest absolute Gasteiger partial charge is 0.484 e. The highest BCUT2D eigenvalue weighted by atomic mass is 32.2. The molecule has 0 aliphatic carbocycles. The van der Waals surface area contributed by atoms with E-state index in [-0.39, 0.29) is 18.4 Å². The van der Waals surface area contributed by atoms with E-state index in [9.17, 15) is 9.59 Å². The summed E-state index contributed by atoms with van der Waals surface area (Å²) in [4.78, 5) is 26.9. The van der Waals surface area contributed by atoms with E-state index < -0.39 is 0 Å². The lowest BCUT2D eigenvalue weighted by molar-refractivity contribution is -0.118. The van der Waals surface area contributed by atoms with Crippen molar-refractivity contribution in [3.05, 3.63) is 59.7 Å². The van der Waals surface area contributed by atoms with Crippen LogP contribution < -0.4 is 10.1 Å². The van der Waals surface area contributed by atoms with Crippen molar-refractivity contribution in [3.63, 3.8) is 0 Å². The van der Waals surface area contributed by atoms with Gasteiger partial charge in [0, 0.05) is 24.3 Å². The molecule has 2 fully saturated rings. The number of anilines is 1. The van der Waals surface area contributed by atoms with Gasteiger partial charge in [-0.2, -0.15) is 0 Å². The number of carbonyl (C=O) groups is 2. The monoisotopic (exact) mass is 470 g/mol. The zero-order valence-corrected chi connectivity index (χ0v) is 19.9. The third-order valence-electron chi connectivity index (χ3n) is 5.66. The molecule has 7 heteroatoms. The smallest absolute Gasteiger partial charge is 0.262 e. The second-order valence-corrected chi connectivity index (χ2v) is 10.8. The minimum absolute atomic E-state index is 0.0548. The van der Waals surface area contributed by atoms with Crippen LogP contribution in [0.3, 0.4) is 0 Å². The zero-order valence-electron chi connectivity index (χ0n) is 18.3. The first-order valence-electron chi connectivity index (χ1n) is 11.3. The molecule has 32 heavy (non-hydrogen) atoms. The van der Waals surface area contributed by atoms with Crippen LogP contribution in [-0.2, 0) is 4.79 Å². The van der Waals surface area contributed by atoms with Crippen molar-refractivity contribution in [3.8, 4) is 5.75 Å². The Morgan fingerprint density at radius 2 is 1.53 bits per heavy atom. The highest BCUT2D eigenvalue weighted by molar-refractivity contribution is 8.16. The molecule has 170 valence electrons. The molecular formula is C25H30N2O3S2. The van der Waals surface area contributed by atoms with Crippen molar-refractivity contribution in [1.29, 1.82) is 0 Å². The fourth-order valence-electron chi connectivity index (χ4n) is 3.90. The molecule has 0 aromatic heterocycles. The lowest BCUT2D eigenvalue weighted by Crippen LogP contribution is -2.31. The van der Waals surface area contributed by atoms with Gasteiger partial charge in [0.15, 0.2) is 6.61 Å². The number of hydrogen-bond acceptors (Lipinski definition) is 5. The van der Waals surface area contributed by atoms with Crippen molar-refractivity contribution in [2.24, 2.45) is 0 Å². The van der Waals surface area contributed by atoms with Gasteiger partial charge < -0.3 is 15.0 Å². The van der Waals surface area contributed by atoms with E-state index in [1.807, 2.05) is 40.6 Å². The SMILES string of the molecule is O=C(COc1ccc(C2SCCCS2)cc1)Nc1ccc(C(=O)N2CCCCCC2)cc1. The Labute approximate surface area is 198 Å².